The molecule has 3 nitrogen and oxygen atoms in total. The molecule has 116 valence electrons. The quantitative estimate of drug-likeness (QED) is 0.743. The highest BCUT2D eigenvalue weighted by atomic mass is 32.2. The van der Waals surface area contributed by atoms with Gasteiger partial charge in [-0.25, -0.2) is 13.1 Å². The Morgan fingerprint density at radius 1 is 1.24 bits per heavy atom. The number of allylic oxidation sites excluding steroid dienone is 1. The molecule has 4 heteroatoms. The lowest BCUT2D eigenvalue weighted by molar-refractivity contribution is 0.110. The highest BCUT2D eigenvalue weighted by Gasteiger charge is 2.35. The van der Waals surface area contributed by atoms with Crippen LogP contribution in [-0.2, 0) is 10.0 Å². The van der Waals surface area contributed by atoms with E-state index in [-0.39, 0.29) is 0 Å². The number of hydrogen-bond donors (Lipinski definition) is 1. The van der Waals surface area contributed by atoms with Crippen LogP contribution in [0.5, 0.6) is 0 Å². The number of aryl methyl sites for hydroxylation is 1. The maximum Gasteiger partial charge on any atom is 0.240 e. The summed E-state index contributed by atoms with van der Waals surface area (Å²) in [5, 5.41) is 0. The van der Waals surface area contributed by atoms with Crippen molar-refractivity contribution in [3.63, 3.8) is 0 Å². The van der Waals surface area contributed by atoms with E-state index in [1.165, 1.54) is 19.3 Å². The molecule has 0 atom stereocenters. The SMILES string of the molecule is C=CCCC1(CCNS(=O)(=O)c2ccc(C)cc2)CCC1. The van der Waals surface area contributed by atoms with E-state index in [1.54, 1.807) is 12.1 Å². The summed E-state index contributed by atoms with van der Waals surface area (Å²) in [5.41, 5.74) is 1.40. The molecule has 0 heterocycles. The van der Waals surface area contributed by atoms with Crippen molar-refractivity contribution in [2.45, 2.75) is 50.3 Å². The van der Waals surface area contributed by atoms with E-state index in [0.29, 0.717) is 16.9 Å². The standard InChI is InChI=1S/C17H25NO2S/c1-3-4-10-17(11-5-12-17)13-14-18-21(19,20)16-8-6-15(2)7-9-16/h3,6-9,18H,1,4-5,10-14H2,2H3. The van der Waals surface area contributed by atoms with Gasteiger partial charge in [0.2, 0.25) is 10.0 Å². The van der Waals surface area contributed by atoms with Gasteiger partial charge in [0.15, 0.2) is 0 Å². The molecule has 2 rings (SSSR count). The molecule has 1 aliphatic rings. The summed E-state index contributed by atoms with van der Waals surface area (Å²) in [6.45, 7) is 6.25. The summed E-state index contributed by atoms with van der Waals surface area (Å²) in [4.78, 5) is 0.349. The fourth-order valence-electron chi connectivity index (χ4n) is 2.96. The molecule has 1 fully saturated rings. The van der Waals surface area contributed by atoms with Gasteiger partial charge in [0.05, 0.1) is 4.90 Å². The Hall–Kier alpha value is -1.13. The Morgan fingerprint density at radius 3 is 2.43 bits per heavy atom. The minimum absolute atomic E-state index is 0.337. The van der Waals surface area contributed by atoms with Crippen LogP contribution in [0.1, 0.15) is 44.1 Å². The summed E-state index contributed by atoms with van der Waals surface area (Å²) < 4.78 is 27.2. The first-order chi connectivity index (χ1) is 9.97. The van der Waals surface area contributed by atoms with Crippen LogP contribution >= 0.6 is 0 Å². The molecule has 0 amide bonds. The van der Waals surface area contributed by atoms with Crippen molar-refractivity contribution in [2.24, 2.45) is 5.41 Å². The van der Waals surface area contributed by atoms with Crippen molar-refractivity contribution in [1.29, 1.82) is 0 Å². The molecule has 21 heavy (non-hydrogen) atoms. The van der Waals surface area contributed by atoms with Gasteiger partial charge >= 0.3 is 0 Å². The Labute approximate surface area is 128 Å². The van der Waals surface area contributed by atoms with Gasteiger partial charge in [-0.3, -0.25) is 0 Å². The lowest BCUT2D eigenvalue weighted by Crippen LogP contribution is -2.35. The second-order valence-corrected chi connectivity index (χ2v) is 7.91. The van der Waals surface area contributed by atoms with Crippen molar-refractivity contribution < 1.29 is 8.42 Å². The van der Waals surface area contributed by atoms with Crippen LogP contribution in [-0.4, -0.2) is 15.0 Å². The molecule has 0 aromatic heterocycles. The van der Waals surface area contributed by atoms with Gasteiger partial charge < -0.3 is 0 Å². The molecule has 1 aromatic carbocycles. The van der Waals surface area contributed by atoms with Crippen LogP contribution < -0.4 is 4.72 Å². The molecule has 0 bridgehead atoms. The molecule has 0 unspecified atom stereocenters. The van der Waals surface area contributed by atoms with E-state index in [9.17, 15) is 8.42 Å². The summed E-state index contributed by atoms with van der Waals surface area (Å²) in [5.74, 6) is 0. The minimum Gasteiger partial charge on any atom is -0.211 e. The second-order valence-electron chi connectivity index (χ2n) is 6.14. The summed E-state index contributed by atoms with van der Waals surface area (Å²) in [6, 6.07) is 6.97. The molecule has 0 aliphatic heterocycles. The van der Waals surface area contributed by atoms with Crippen molar-refractivity contribution >= 4 is 10.0 Å². The first-order valence-electron chi connectivity index (χ1n) is 7.65. The molecule has 0 spiro atoms. The van der Waals surface area contributed by atoms with Gasteiger partial charge in [-0.15, -0.1) is 6.58 Å². The third-order valence-corrected chi connectivity index (χ3v) is 6.05. The van der Waals surface area contributed by atoms with Crippen LogP contribution in [0.15, 0.2) is 41.8 Å². The predicted octanol–water partition coefficient (Wildman–Crippen LogP) is 3.80. The van der Waals surface area contributed by atoms with Crippen molar-refractivity contribution in [3.05, 3.63) is 42.5 Å². The molecule has 1 aromatic rings. The third-order valence-electron chi connectivity index (χ3n) is 4.57. The zero-order chi connectivity index (χ0) is 15.3. The molecular weight excluding hydrogens is 282 g/mol. The van der Waals surface area contributed by atoms with Gasteiger partial charge in [-0.05, 0) is 56.6 Å². The topological polar surface area (TPSA) is 46.2 Å². The average Bonchev–Trinajstić information content (AvgIpc) is 2.41. The Kier molecular flexibility index (Phi) is 5.22. The zero-order valence-corrected chi connectivity index (χ0v) is 13.6. The Morgan fingerprint density at radius 2 is 1.90 bits per heavy atom. The first-order valence-corrected chi connectivity index (χ1v) is 9.13. The Balaban J connectivity index is 1.89. The van der Waals surface area contributed by atoms with Crippen molar-refractivity contribution in [1.82, 2.24) is 4.72 Å². The highest BCUT2D eigenvalue weighted by Crippen LogP contribution is 2.47. The number of rotatable bonds is 8. The fraction of sp³-hybridized carbons (Fsp3) is 0.529. The van der Waals surface area contributed by atoms with Crippen LogP contribution in [0.25, 0.3) is 0 Å². The second kappa shape index (κ2) is 6.75. The van der Waals surface area contributed by atoms with E-state index in [0.717, 1.165) is 24.8 Å². The van der Waals surface area contributed by atoms with E-state index < -0.39 is 10.0 Å². The van der Waals surface area contributed by atoms with Crippen molar-refractivity contribution in [2.75, 3.05) is 6.54 Å². The molecule has 1 saturated carbocycles. The largest absolute Gasteiger partial charge is 0.240 e. The predicted molar refractivity (Wildman–Crippen MR) is 86.7 cm³/mol. The first kappa shape index (κ1) is 16.2. The van der Waals surface area contributed by atoms with Gasteiger partial charge in [-0.2, -0.15) is 0 Å². The fourth-order valence-corrected chi connectivity index (χ4v) is 3.99. The molecule has 0 saturated heterocycles. The van der Waals surface area contributed by atoms with Crippen LogP contribution in [0.2, 0.25) is 0 Å². The lowest BCUT2D eigenvalue weighted by Gasteiger charge is -2.42. The summed E-state index contributed by atoms with van der Waals surface area (Å²) in [7, 11) is -3.37. The van der Waals surface area contributed by atoms with Gasteiger partial charge in [0.25, 0.3) is 0 Å². The summed E-state index contributed by atoms with van der Waals surface area (Å²) >= 11 is 0. The lowest BCUT2D eigenvalue weighted by atomic mass is 9.64. The molecule has 0 radical (unpaired) electrons. The highest BCUT2D eigenvalue weighted by molar-refractivity contribution is 7.89. The normalized spacial score (nSPS) is 17.2. The number of hydrogen-bond acceptors (Lipinski definition) is 2. The van der Waals surface area contributed by atoms with Crippen LogP contribution in [0, 0.1) is 12.3 Å². The number of sulfonamides is 1. The van der Waals surface area contributed by atoms with Crippen LogP contribution in [0.3, 0.4) is 0 Å². The molecule has 1 N–H and O–H groups in total. The van der Waals surface area contributed by atoms with E-state index >= 15 is 0 Å². The maximum atomic E-state index is 12.2. The maximum absolute atomic E-state index is 12.2. The van der Waals surface area contributed by atoms with Crippen molar-refractivity contribution in [3.8, 4) is 0 Å². The summed E-state index contributed by atoms with van der Waals surface area (Å²) in [6.07, 6.45) is 8.72. The molecular formula is C17H25NO2S. The number of benzene rings is 1. The minimum atomic E-state index is -3.37. The zero-order valence-electron chi connectivity index (χ0n) is 12.8. The van der Waals surface area contributed by atoms with Gasteiger partial charge in [0.1, 0.15) is 0 Å². The van der Waals surface area contributed by atoms with E-state index in [4.69, 9.17) is 0 Å². The average molecular weight is 307 g/mol. The van der Waals surface area contributed by atoms with Crippen LogP contribution in [0.4, 0.5) is 0 Å². The third kappa shape index (κ3) is 4.17. The Bertz CT molecular complexity index is 571. The monoisotopic (exact) mass is 307 g/mol. The molecule has 1 aliphatic carbocycles. The smallest absolute Gasteiger partial charge is 0.211 e. The number of nitrogens with one attached hydrogen (secondary N) is 1. The van der Waals surface area contributed by atoms with E-state index in [1.807, 2.05) is 25.1 Å². The van der Waals surface area contributed by atoms with Gasteiger partial charge in [-0.1, -0.05) is 30.2 Å². The van der Waals surface area contributed by atoms with Gasteiger partial charge in [0, 0.05) is 6.54 Å². The van der Waals surface area contributed by atoms with E-state index in [2.05, 4.69) is 11.3 Å².